The normalized spacial score (nSPS) is 10.0. The van der Waals surface area contributed by atoms with Crippen molar-refractivity contribution in [2.45, 2.75) is 0 Å². The summed E-state index contributed by atoms with van der Waals surface area (Å²) in [6, 6.07) is 10.9. The van der Waals surface area contributed by atoms with Crippen LogP contribution >= 0.6 is 23.2 Å². The summed E-state index contributed by atoms with van der Waals surface area (Å²) in [7, 11) is 1.52. The topological polar surface area (TPSA) is 93.7 Å². The molecule has 0 spiro atoms. The van der Waals surface area contributed by atoms with Crippen molar-refractivity contribution in [3.8, 4) is 5.75 Å². The summed E-state index contributed by atoms with van der Waals surface area (Å²) in [5.41, 5.74) is 0.662. The van der Waals surface area contributed by atoms with E-state index in [0.717, 1.165) is 0 Å². The molecule has 0 fully saturated rings. The zero-order valence-corrected chi connectivity index (χ0v) is 15.8. The van der Waals surface area contributed by atoms with Gasteiger partial charge in [-0.2, -0.15) is 0 Å². The van der Waals surface area contributed by atoms with Gasteiger partial charge in [-0.1, -0.05) is 23.2 Å². The molecule has 27 heavy (non-hydrogen) atoms. The van der Waals surface area contributed by atoms with Gasteiger partial charge < -0.3 is 20.1 Å². The highest BCUT2D eigenvalue weighted by molar-refractivity contribution is 6.35. The van der Waals surface area contributed by atoms with Gasteiger partial charge in [0.25, 0.3) is 11.8 Å². The molecule has 7 nitrogen and oxygen atoms in total. The number of nitrogens with one attached hydrogen (secondary N) is 2. The number of rotatable bonds is 7. The van der Waals surface area contributed by atoms with Crippen molar-refractivity contribution in [3.63, 3.8) is 0 Å². The molecule has 2 aromatic carbocycles. The predicted molar refractivity (Wildman–Crippen MR) is 101 cm³/mol. The Kier molecular flexibility index (Phi) is 7.45. The van der Waals surface area contributed by atoms with Gasteiger partial charge in [-0.3, -0.25) is 14.4 Å². The summed E-state index contributed by atoms with van der Waals surface area (Å²) in [5, 5.41) is 5.57. The number of esters is 1. The first-order valence-corrected chi connectivity index (χ1v) is 8.47. The molecule has 0 bridgehead atoms. The third-order valence-corrected chi connectivity index (χ3v) is 3.88. The van der Waals surface area contributed by atoms with Crippen LogP contribution in [0.25, 0.3) is 0 Å². The zero-order chi connectivity index (χ0) is 19.8. The van der Waals surface area contributed by atoms with Gasteiger partial charge in [0.2, 0.25) is 0 Å². The van der Waals surface area contributed by atoms with Crippen molar-refractivity contribution in [3.05, 3.63) is 58.1 Å². The Balaban J connectivity index is 1.75. The second kappa shape index (κ2) is 9.80. The van der Waals surface area contributed by atoms with Gasteiger partial charge >= 0.3 is 5.97 Å². The van der Waals surface area contributed by atoms with E-state index in [1.165, 1.54) is 19.2 Å². The number of methoxy groups -OCH3 is 1. The molecule has 0 radical (unpaired) electrons. The van der Waals surface area contributed by atoms with E-state index in [1.807, 2.05) is 0 Å². The number of carbonyl (C=O) groups is 3. The van der Waals surface area contributed by atoms with Crippen molar-refractivity contribution in [1.29, 1.82) is 0 Å². The second-order valence-corrected chi connectivity index (χ2v) is 6.09. The van der Waals surface area contributed by atoms with E-state index >= 15 is 0 Å². The highest BCUT2D eigenvalue weighted by atomic mass is 35.5. The molecule has 0 atom stereocenters. The van der Waals surface area contributed by atoms with E-state index in [1.54, 1.807) is 30.3 Å². The van der Waals surface area contributed by atoms with Crippen LogP contribution < -0.4 is 15.4 Å². The number of ether oxygens (including phenoxy) is 2. The Hall–Kier alpha value is -2.77. The lowest BCUT2D eigenvalue weighted by molar-refractivity contribution is -0.146. The lowest BCUT2D eigenvalue weighted by Gasteiger charge is -2.09. The fourth-order valence-corrected chi connectivity index (χ4v) is 2.31. The molecule has 0 unspecified atom stereocenters. The van der Waals surface area contributed by atoms with Crippen molar-refractivity contribution in [1.82, 2.24) is 5.32 Å². The third kappa shape index (κ3) is 6.47. The molecule has 9 heteroatoms. The first-order chi connectivity index (χ1) is 12.9. The van der Waals surface area contributed by atoms with Crippen LogP contribution in [0.15, 0.2) is 42.5 Å². The van der Waals surface area contributed by atoms with Gasteiger partial charge in [-0.05, 0) is 42.5 Å². The number of hydrogen-bond acceptors (Lipinski definition) is 5. The maximum Gasteiger partial charge on any atom is 0.325 e. The number of anilines is 1. The van der Waals surface area contributed by atoms with Gasteiger partial charge in [0.15, 0.2) is 6.61 Å². The molecule has 2 amide bonds. The van der Waals surface area contributed by atoms with Crippen LogP contribution in [0.4, 0.5) is 5.69 Å². The number of halogens is 2. The molecular weight excluding hydrogens is 395 g/mol. The average molecular weight is 411 g/mol. The first kappa shape index (κ1) is 20.5. The van der Waals surface area contributed by atoms with Crippen molar-refractivity contribution < 1.29 is 23.9 Å². The van der Waals surface area contributed by atoms with Crippen molar-refractivity contribution in [2.75, 3.05) is 25.6 Å². The largest absolute Gasteiger partial charge is 0.497 e. The molecule has 0 aliphatic rings. The summed E-state index contributed by atoms with van der Waals surface area (Å²) < 4.78 is 9.81. The van der Waals surface area contributed by atoms with Gasteiger partial charge in [0, 0.05) is 10.6 Å². The average Bonchev–Trinajstić information content (AvgIpc) is 2.67. The highest BCUT2D eigenvalue weighted by Gasteiger charge is 2.12. The van der Waals surface area contributed by atoms with E-state index in [0.29, 0.717) is 27.0 Å². The Labute approximate surface area is 165 Å². The minimum atomic E-state index is -0.760. The maximum absolute atomic E-state index is 11.9. The highest BCUT2D eigenvalue weighted by Crippen LogP contribution is 2.25. The van der Waals surface area contributed by atoms with Crippen LogP contribution in [0.2, 0.25) is 10.0 Å². The summed E-state index contributed by atoms with van der Waals surface area (Å²) in [4.78, 5) is 35.4. The number of amides is 2. The molecule has 0 saturated carbocycles. The first-order valence-electron chi connectivity index (χ1n) is 7.72. The van der Waals surface area contributed by atoms with Crippen molar-refractivity contribution >= 4 is 46.7 Å². The Morgan fingerprint density at radius 3 is 2.41 bits per heavy atom. The molecule has 2 rings (SSSR count). The minimum Gasteiger partial charge on any atom is -0.497 e. The summed E-state index contributed by atoms with van der Waals surface area (Å²) >= 11 is 11.8. The van der Waals surface area contributed by atoms with Crippen LogP contribution in [0, 0.1) is 0 Å². The maximum atomic E-state index is 11.9. The smallest absolute Gasteiger partial charge is 0.325 e. The Bertz CT molecular complexity index is 840. The van der Waals surface area contributed by atoms with Crippen LogP contribution in [0.3, 0.4) is 0 Å². The van der Waals surface area contributed by atoms with E-state index in [4.69, 9.17) is 32.7 Å². The molecule has 0 aromatic heterocycles. The standard InChI is InChI=1S/C18H16Cl2N2O5/c1-26-13-5-2-11(3-6-13)18(25)21-9-17(24)27-10-16(23)22-15-8-12(19)4-7-14(15)20/h2-8H,9-10H2,1H3,(H,21,25)(H,22,23). The van der Waals surface area contributed by atoms with Crippen LogP contribution in [0.1, 0.15) is 10.4 Å². The zero-order valence-electron chi connectivity index (χ0n) is 14.3. The van der Waals surface area contributed by atoms with Crippen LogP contribution in [0.5, 0.6) is 5.75 Å². The molecule has 0 saturated heterocycles. The quantitative estimate of drug-likeness (QED) is 0.684. The predicted octanol–water partition coefficient (Wildman–Crippen LogP) is 2.91. The number of hydrogen-bond donors (Lipinski definition) is 2. The third-order valence-electron chi connectivity index (χ3n) is 3.31. The SMILES string of the molecule is COc1ccc(C(=O)NCC(=O)OCC(=O)Nc2cc(Cl)ccc2Cl)cc1. The number of carbonyl (C=O) groups excluding carboxylic acids is 3. The molecule has 0 aliphatic heterocycles. The minimum absolute atomic E-state index is 0.297. The monoisotopic (exact) mass is 410 g/mol. The van der Waals surface area contributed by atoms with Crippen LogP contribution in [-0.2, 0) is 14.3 Å². The van der Waals surface area contributed by atoms with Crippen LogP contribution in [-0.4, -0.2) is 38.0 Å². The molecule has 2 aromatic rings. The molecular formula is C18H16Cl2N2O5. The summed E-state index contributed by atoms with van der Waals surface area (Å²) in [5.74, 6) is -1.19. The van der Waals surface area contributed by atoms with Gasteiger partial charge in [0.05, 0.1) is 17.8 Å². The van der Waals surface area contributed by atoms with Gasteiger partial charge in [-0.25, -0.2) is 0 Å². The Morgan fingerprint density at radius 2 is 1.74 bits per heavy atom. The summed E-state index contributed by atoms with van der Waals surface area (Å²) in [6.45, 7) is -0.907. The van der Waals surface area contributed by atoms with E-state index < -0.39 is 24.4 Å². The van der Waals surface area contributed by atoms with E-state index in [9.17, 15) is 14.4 Å². The Morgan fingerprint density at radius 1 is 1.04 bits per heavy atom. The lowest BCUT2D eigenvalue weighted by Crippen LogP contribution is -2.32. The molecule has 2 N–H and O–H groups in total. The van der Waals surface area contributed by atoms with E-state index in [2.05, 4.69) is 10.6 Å². The lowest BCUT2D eigenvalue weighted by atomic mass is 10.2. The number of benzene rings is 2. The second-order valence-electron chi connectivity index (χ2n) is 5.24. The van der Waals surface area contributed by atoms with Gasteiger partial charge in [-0.15, -0.1) is 0 Å². The fraction of sp³-hybridized carbons (Fsp3) is 0.167. The molecule has 0 aliphatic carbocycles. The summed E-state index contributed by atoms with van der Waals surface area (Å²) in [6.07, 6.45) is 0. The fourth-order valence-electron chi connectivity index (χ4n) is 1.97. The molecule has 0 heterocycles. The van der Waals surface area contributed by atoms with E-state index in [-0.39, 0.29) is 6.54 Å². The van der Waals surface area contributed by atoms with Crippen molar-refractivity contribution in [2.24, 2.45) is 0 Å². The molecule has 142 valence electrons. The van der Waals surface area contributed by atoms with Gasteiger partial charge in [0.1, 0.15) is 12.3 Å².